The third-order valence-corrected chi connectivity index (χ3v) is 4.29. The average Bonchev–Trinajstić information content (AvgIpc) is 2.42. The molecule has 0 aliphatic carbocycles. The van der Waals surface area contributed by atoms with Crippen molar-refractivity contribution >= 4 is 12.4 Å². The molecule has 2 aliphatic heterocycles. The lowest BCUT2D eigenvalue weighted by atomic mass is 9.96. The summed E-state index contributed by atoms with van der Waals surface area (Å²) >= 11 is 0. The van der Waals surface area contributed by atoms with Crippen molar-refractivity contribution in [1.29, 1.82) is 0 Å². The van der Waals surface area contributed by atoms with E-state index in [2.05, 4.69) is 15.3 Å². The van der Waals surface area contributed by atoms with Crippen LogP contribution in [0.3, 0.4) is 0 Å². The maximum Gasteiger partial charge on any atom is 0.266 e. The van der Waals surface area contributed by atoms with E-state index in [1.54, 1.807) is 13.1 Å². The van der Waals surface area contributed by atoms with Crippen LogP contribution in [0.25, 0.3) is 0 Å². The van der Waals surface area contributed by atoms with Crippen LogP contribution < -0.4 is 10.9 Å². The van der Waals surface area contributed by atoms with Gasteiger partial charge in [0, 0.05) is 39.2 Å². The van der Waals surface area contributed by atoms with Crippen LogP contribution in [0.1, 0.15) is 24.1 Å². The van der Waals surface area contributed by atoms with Gasteiger partial charge in [-0.1, -0.05) is 0 Å². The third-order valence-electron chi connectivity index (χ3n) is 4.29. The molecule has 0 bridgehead atoms. The quantitative estimate of drug-likeness (QED) is 0.867. The van der Waals surface area contributed by atoms with Crippen molar-refractivity contribution in [1.82, 2.24) is 20.0 Å². The first-order valence-corrected chi connectivity index (χ1v) is 7.21. The molecule has 1 fully saturated rings. The van der Waals surface area contributed by atoms with E-state index in [9.17, 15) is 4.79 Å². The number of nitrogens with zero attached hydrogens (tertiary/aromatic N) is 3. The van der Waals surface area contributed by atoms with Gasteiger partial charge in [0.2, 0.25) is 0 Å². The Morgan fingerprint density at radius 1 is 1.40 bits per heavy atom. The van der Waals surface area contributed by atoms with Crippen LogP contribution in [-0.4, -0.2) is 40.9 Å². The molecule has 0 spiro atoms. The number of nitrogens with one attached hydrogen (secondary N) is 1. The molecule has 0 radical (unpaired) electrons. The largest absolute Gasteiger partial charge is 0.317 e. The molecule has 1 saturated heterocycles. The molecule has 0 atom stereocenters. The molecule has 1 aromatic rings. The summed E-state index contributed by atoms with van der Waals surface area (Å²) in [5.74, 6) is 0.808. The van der Waals surface area contributed by atoms with E-state index < -0.39 is 0 Å². The molecule has 2 aliphatic rings. The summed E-state index contributed by atoms with van der Waals surface area (Å²) in [6.07, 6.45) is 3.52. The molecule has 20 heavy (non-hydrogen) atoms. The minimum atomic E-state index is 0. The lowest BCUT2D eigenvalue weighted by Crippen LogP contribution is -2.39. The third kappa shape index (κ3) is 3.40. The van der Waals surface area contributed by atoms with Crippen LogP contribution in [0.15, 0.2) is 10.9 Å². The molecular weight excluding hydrogens is 276 g/mol. The number of halogens is 1. The fourth-order valence-corrected chi connectivity index (χ4v) is 3.14. The molecule has 3 heterocycles. The molecule has 0 unspecified atom stereocenters. The Morgan fingerprint density at radius 2 is 2.15 bits per heavy atom. The highest BCUT2D eigenvalue weighted by molar-refractivity contribution is 5.85. The molecule has 1 N–H and O–H groups in total. The van der Waals surface area contributed by atoms with Crippen molar-refractivity contribution in [3.8, 4) is 0 Å². The summed E-state index contributed by atoms with van der Waals surface area (Å²) in [5.41, 5.74) is 2.23. The maximum atomic E-state index is 11.7. The van der Waals surface area contributed by atoms with Gasteiger partial charge >= 0.3 is 0 Å². The Labute approximate surface area is 125 Å². The summed E-state index contributed by atoms with van der Waals surface area (Å²) < 4.78 is 1.45. The number of fused-ring (bicyclic) bond motifs is 1. The van der Waals surface area contributed by atoms with Crippen molar-refractivity contribution in [2.75, 3.05) is 26.2 Å². The van der Waals surface area contributed by atoms with Crippen molar-refractivity contribution in [2.24, 2.45) is 13.0 Å². The number of rotatable bonds is 2. The zero-order chi connectivity index (χ0) is 13.2. The summed E-state index contributed by atoms with van der Waals surface area (Å²) in [6.45, 7) is 5.43. The molecule has 3 rings (SSSR count). The van der Waals surface area contributed by atoms with Crippen molar-refractivity contribution < 1.29 is 0 Å². The van der Waals surface area contributed by atoms with Gasteiger partial charge in [-0.05, 0) is 37.4 Å². The Kier molecular flexibility index (Phi) is 5.18. The van der Waals surface area contributed by atoms with Crippen LogP contribution in [0, 0.1) is 5.92 Å². The minimum absolute atomic E-state index is 0. The van der Waals surface area contributed by atoms with Gasteiger partial charge in [-0.15, -0.1) is 12.4 Å². The number of aromatic nitrogens is 2. The topological polar surface area (TPSA) is 50.2 Å². The van der Waals surface area contributed by atoms with Crippen LogP contribution in [0.4, 0.5) is 0 Å². The van der Waals surface area contributed by atoms with Gasteiger partial charge in [-0.2, -0.15) is 5.10 Å². The lowest BCUT2D eigenvalue weighted by Gasteiger charge is -2.33. The summed E-state index contributed by atoms with van der Waals surface area (Å²) in [4.78, 5) is 14.1. The van der Waals surface area contributed by atoms with E-state index in [0.717, 1.165) is 56.3 Å². The zero-order valence-electron chi connectivity index (χ0n) is 12.0. The smallest absolute Gasteiger partial charge is 0.266 e. The second kappa shape index (κ2) is 6.70. The fraction of sp³-hybridized carbons (Fsp3) is 0.714. The standard InChI is InChI=1S/C14H22N4O.ClH/c1-17-14(19)8-12-10-18(7-4-13(12)16-17)9-11-2-5-15-6-3-11;/h8,11,15H,2-7,9-10H2,1H3;1H. The Hall–Kier alpha value is -0.910. The van der Waals surface area contributed by atoms with Crippen molar-refractivity contribution in [3.05, 3.63) is 27.7 Å². The predicted molar refractivity (Wildman–Crippen MR) is 81.3 cm³/mol. The van der Waals surface area contributed by atoms with Gasteiger partial charge < -0.3 is 5.32 Å². The summed E-state index contributed by atoms with van der Waals surface area (Å²) in [6, 6.07) is 1.76. The van der Waals surface area contributed by atoms with E-state index in [0.29, 0.717) is 0 Å². The first-order chi connectivity index (χ1) is 9.22. The van der Waals surface area contributed by atoms with Gasteiger partial charge in [0.15, 0.2) is 0 Å². The Morgan fingerprint density at radius 3 is 2.90 bits per heavy atom. The van der Waals surface area contributed by atoms with Gasteiger partial charge in [-0.3, -0.25) is 9.69 Å². The second-order valence-corrected chi connectivity index (χ2v) is 5.76. The summed E-state index contributed by atoms with van der Waals surface area (Å²) in [5, 5.41) is 7.77. The minimum Gasteiger partial charge on any atom is -0.317 e. The van der Waals surface area contributed by atoms with E-state index in [1.165, 1.54) is 17.5 Å². The first kappa shape index (κ1) is 15.5. The van der Waals surface area contributed by atoms with Crippen molar-refractivity contribution in [3.63, 3.8) is 0 Å². The SMILES string of the molecule is Cl.Cn1nc2c(cc1=O)CN(CC1CCNCC1)CC2. The van der Waals surface area contributed by atoms with Gasteiger partial charge in [0.25, 0.3) is 5.56 Å². The van der Waals surface area contributed by atoms with Crippen molar-refractivity contribution in [2.45, 2.75) is 25.8 Å². The maximum absolute atomic E-state index is 11.7. The van der Waals surface area contributed by atoms with Crippen LogP contribution in [0.5, 0.6) is 0 Å². The number of piperidine rings is 1. The highest BCUT2D eigenvalue weighted by atomic mass is 35.5. The monoisotopic (exact) mass is 298 g/mol. The van der Waals surface area contributed by atoms with Crippen LogP contribution >= 0.6 is 12.4 Å². The molecule has 6 heteroatoms. The summed E-state index contributed by atoms with van der Waals surface area (Å²) in [7, 11) is 1.73. The molecule has 0 aromatic carbocycles. The van der Waals surface area contributed by atoms with Crippen LogP contribution in [0.2, 0.25) is 0 Å². The molecule has 0 amide bonds. The molecule has 5 nitrogen and oxygen atoms in total. The van der Waals surface area contributed by atoms with Crippen LogP contribution in [-0.2, 0) is 20.0 Å². The second-order valence-electron chi connectivity index (χ2n) is 5.76. The van der Waals surface area contributed by atoms with E-state index in [-0.39, 0.29) is 18.0 Å². The van der Waals surface area contributed by atoms with Gasteiger partial charge in [0.1, 0.15) is 0 Å². The first-order valence-electron chi connectivity index (χ1n) is 7.21. The van der Waals surface area contributed by atoms with E-state index in [1.807, 2.05) is 0 Å². The number of aryl methyl sites for hydroxylation is 1. The highest BCUT2D eigenvalue weighted by Crippen LogP contribution is 2.19. The fourth-order valence-electron chi connectivity index (χ4n) is 3.14. The van der Waals surface area contributed by atoms with Gasteiger partial charge in [0.05, 0.1) is 5.69 Å². The van der Waals surface area contributed by atoms with E-state index >= 15 is 0 Å². The van der Waals surface area contributed by atoms with Gasteiger partial charge in [-0.25, -0.2) is 4.68 Å². The average molecular weight is 299 g/mol. The van der Waals surface area contributed by atoms with E-state index in [4.69, 9.17) is 0 Å². The predicted octanol–water partition coefficient (Wildman–Crippen LogP) is 0.560. The zero-order valence-corrected chi connectivity index (χ0v) is 12.8. The number of hydrogen-bond donors (Lipinski definition) is 1. The molecule has 1 aromatic heterocycles. The lowest BCUT2D eigenvalue weighted by molar-refractivity contribution is 0.189. The Balaban J connectivity index is 0.00000147. The highest BCUT2D eigenvalue weighted by Gasteiger charge is 2.22. The number of hydrogen-bond acceptors (Lipinski definition) is 4. The molecular formula is C14H23ClN4O. The normalized spacial score (nSPS) is 20.2. The Bertz CT molecular complexity index is 510. The molecule has 0 saturated carbocycles. The molecule has 112 valence electrons.